The molecule has 0 aliphatic heterocycles. The van der Waals surface area contributed by atoms with Crippen LogP contribution in [0.15, 0.2) is 0 Å². The molecule has 0 atom stereocenters. The molecule has 0 unspecified atom stereocenters. The van der Waals surface area contributed by atoms with Crippen molar-refractivity contribution in [3.05, 3.63) is 64.2 Å². The quantitative estimate of drug-likeness (QED) is 0.448. The van der Waals surface area contributed by atoms with Gasteiger partial charge in [0, 0.05) is 10.1 Å². The molecule has 2 aliphatic rings. The zero-order valence-corrected chi connectivity index (χ0v) is 6.48. The van der Waals surface area contributed by atoms with Gasteiger partial charge in [-0.2, -0.15) is 0 Å². The summed E-state index contributed by atoms with van der Waals surface area (Å²) in [6, 6.07) is 0. The molecule has 1 heteroatoms. The van der Waals surface area contributed by atoms with E-state index in [0.29, 0.717) is 0 Å². The Hall–Kier alpha value is 0.169. The van der Waals surface area contributed by atoms with Gasteiger partial charge in [0.2, 0.25) is 0 Å². The predicted molar refractivity (Wildman–Crippen MR) is 48.8 cm³/mol. The first-order chi connectivity index (χ1) is 5.00. The molecule has 0 amide bonds. The Morgan fingerprint density at radius 3 is 0.455 bits per heavy atom. The van der Waals surface area contributed by atoms with Gasteiger partial charge in [-0.25, -0.2) is 0 Å². The number of hydrogen-bond donors (Lipinski definition) is 0. The van der Waals surface area contributed by atoms with E-state index in [2.05, 4.69) is 0 Å². The SMILES string of the molecule is [Be].[CH]1[CH][CH][CH][CH]1.[CH]1[CH][CH][CH][CH]1. The maximum absolute atomic E-state index is 2.00. The van der Waals surface area contributed by atoms with Crippen LogP contribution in [-0.4, -0.2) is 10.1 Å². The van der Waals surface area contributed by atoms with Gasteiger partial charge in [-0.15, -0.1) is 0 Å². The average Bonchev–Trinajstić information content (AvgIpc) is 2.67. The largest absolute Gasteiger partial charge is 0.0312 e. The summed E-state index contributed by atoms with van der Waals surface area (Å²) >= 11 is 0. The van der Waals surface area contributed by atoms with Crippen LogP contribution in [0.5, 0.6) is 0 Å². The topological polar surface area (TPSA) is 0 Å². The maximum atomic E-state index is 2.00. The fourth-order valence-electron chi connectivity index (χ4n) is 0.642. The first-order valence-corrected chi connectivity index (χ1v) is 3.33. The molecular formula is C10H10Be. The Morgan fingerprint density at radius 1 is 0.273 bits per heavy atom. The Labute approximate surface area is 75.0 Å². The van der Waals surface area contributed by atoms with Crippen LogP contribution in [0, 0.1) is 64.2 Å². The van der Waals surface area contributed by atoms with Gasteiger partial charge in [-0.05, 0) is 64.2 Å². The van der Waals surface area contributed by atoms with Crippen LogP contribution in [0.4, 0.5) is 0 Å². The second-order valence-corrected chi connectivity index (χ2v) is 1.92. The Kier molecular flexibility index (Phi) is 8.39. The van der Waals surface area contributed by atoms with Crippen molar-refractivity contribution < 1.29 is 0 Å². The van der Waals surface area contributed by atoms with Gasteiger partial charge in [-0.1, -0.05) is 0 Å². The second kappa shape index (κ2) is 8.27. The van der Waals surface area contributed by atoms with E-state index >= 15 is 0 Å². The molecule has 0 saturated heterocycles. The average molecular weight is 139 g/mol. The summed E-state index contributed by atoms with van der Waals surface area (Å²) in [6.07, 6.45) is 20.0. The number of hydrogen-bond acceptors (Lipinski definition) is 0. The van der Waals surface area contributed by atoms with Crippen molar-refractivity contribution >= 4 is 10.1 Å². The summed E-state index contributed by atoms with van der Waals surface area (Å²) in [5.74, 6) is 0. The Balaban J connectivity index is 0.000000167. The van der Waals surface area contributed by atoms with Crippen molar-refractivity contribution in [2.45, 2.75) is 0 Å². The van der Waals surface area contributed by atoms with E-state index in [1.807, 2.05) is 64.2 Å². The first kappa shape index (κ1) is 11.2. The summed E-state index contributed by atoms with van der Waals surface area (Å²) in [7, 11) is 0. The summed E-state index contributed by atoms with van der Waals surface area (Å²) in [5.41, 5.74) is 0. The van der Waals surface area contributed by atoms with Gasteiger partial charge in [0.25, 0.3) is 0 Å². The third-order valence-corrected chi connectivity index (χ3v) is 1.11. The molecule has 2 fully saturated rings. The van der Waals surface area contributed by atoms with Crippen LogP contribution in [0.1, 0.15) is 0 Å². The molecule has 0 N–H and O–H groups in total. The molecular weight excluding hydrogens is 129 g/mol. The third kappa shape index (κ3) is 6.56. The van der Waals surface area contributed by atoms with Gasteiger partial charge >= 0.3 is 0 Å². The Bertz CT molecular complexity index is 38.1. The molecule has 2 saturated carbocycles. The second-order valence-electron chi connectivity index (χ2n) is 1.92. The molecule has 0 spiro atoms. The van der Waals surface area contributed by atoms with Crippen molar-refractivity contribution in [3.8, 4) is 0 Å². The normalized spacial score (nSPS) is 21.8. The molecule has 2 rings (SSSR count). The smallest absolute Gasteiger partial charge is 0 e. The van der Waals surface area contributed by atoms with Crippen molar-refractivity contribution in [2.75, 3.05) is 0 Å². The summed E-state index contributed by atoms with van der Waals surface area (Å²) in [6.45, 7) is 0. The monoisotopic (exact) mass is 139 g/mol. The van der Waals surface area contributed by atoms with E-state index in [9.17, 15) is 0 Å². The minimum Gasteiger partial charge on any atom is -0.0312 e. The molecule has 12 radical (unpaired) electrons. The van der Waals surface area contributed by atoms with Gasteiger partial charge in [-0.3, -0.25) is 0 Å². The van der Waals surface area contributed by atoms with Gasteiger partial charge < -0.3 is 0 Å². The standard InChI is InChI=1S/2C5H5.Be/c2*1-2-4-5-3-1;/h2*1-5H;. The van der Waals surface area contributed by atoms with E-state index < -0.39 is 0 Å². The molecule has 0 aromatic carbocycles. The van der Waals surface area contributed by atoms with Crippen LogP contribution < -0.4 is 0 Å². The van der Waals surface area contributed by atoms with Crippen LogP contribution in [0.3, 0.4) is 0 Å². The minimum atomic E-state index is 0. The van der Waals surface area contributed by atoms with Crippen molar-refractivity contribution in [3.63, 3.8) is 0 Å². The minimum absolute atomic E-state index is 0. The summed E-state index contributed by atoms with van der Waals surface area (Å²) in [4.78, 5) is 0. The molecule has 11 heavy (non-hydrogen) atoms. The van der Waals surface area contributed by atoms with Crippen LogP contribution in [-0.2, 0) is 0 Å². The molecule has 0 bridgehead atoms. The van der Waals surface area contributed by atoms with Gasteiger partial charge in [0.1, 0.15) is 0 Å². The molecule has 52 valence electrons. The molecule has 0 nitrogen and oxygen atoms in total. The fraction of sp³-hybridized carbons (Fsp3) is 0. The summed E-state index contributed by atoms with van der Waals surface area (Å²) < 4.78 is 0. The van der Waals surface area contributed by atoms with E-state index in [0.717, 1.165) is 0 Å². The molecule has 0 heterocycles. The van der Waals surface area contributed by atoms with Crippen molar-refractivity contribution in [1.29, 1.82) is 0 Å². The number of rotatable bonds is 0. The third-order valence-electron chi connectivity index (χ3n) is 1.11. The maximum Gasteiger partial charge on any atom is 0 e. The van der Waals surface area contributed by atoms with Crippen molar-refractivity contribution in [1.82, 2.24) is 0 Å². The van der Waals surface area contributed by atoms with E-state index in [1.165, 1.54) is 0 Å². The van der Waals surface area contributed by atoms with Gasteiger partial charge in [0.15, 0.2) is 0 Å². The van der Waals surface area contributed by atoms with Crippen LogP contribution in [0.25, 0.3) is 0 Å². The predicted octanol–water partition coefficient (Wildman–Crippen LogP) is 1.66. The van der Waals surface area contributed by atoms with Crippen LogP contribution in [0.2, 0.25) is 0 Å². The molecule has 0 aromatic heterocycles. The molecule has 2 aliphatic carbocycles. The zero-order valence-electron chi connectivity index (χ0n) is 6.48. The first-order valence-electron chi connectivity index (χ1n) is 3.33. The van der Waals surface area contributed by atoms with E-state index in [-0.39, 0.29) is 10.1 Å². The zero-order chi connectivity index (χ0) is 7.07. The Morgan fingerprint density at radius 2 is 0.364 bits per heavy atom. The van der Waals surface area contributed by atoms with E-state index in [4.69, 9.17) is 0 Å². The fourth-order valence-corrected chi connectivity index (χ4v) is 0.642. The molecule has 0 aromatic rings. The van der Waals surface area contributed by atoms with Crippen molar-refractivity contribution in [2.24, 2.45) is 0 Å². The van der Waals surface area contributed by atoms with E-state index in [1.54, 1.807) is 0 Å². The van der Waals surface area contributed by atoms with Crippen LogP contribution >= 0.6 is 0 Å². The summed E-state index contributed by atoms with van der Waals surface area (Å²) in [5, 5.41) is 0. The van der Waals surface area contributed by atoms with Gasteiger partial charge in [0.05, 0.1) is 0 Å².